The van der Waals surface area contributed by atoms with Gasteiger partial charge in [-0.25, -0.2) is 0 Å². The highest BCUT2D eigenvalue weighted by Gasteiger charge is 2.26. The van der Waals surface area contributed by atoms with Crippen LogP contribution in [0.4, 0.5) is 0 Å². The molecule has 1 fully saturated rings. The van der Waals surface area contributed by atoms with Crippen LogP contribution >= 0.6 is 0 Å². The third kappa shape index (κ3) is 1.16. The van der Waals surface area contributed by atoms with Gasteiger partial charge in [0.05, 0.1) is 0 Å². The maximum absolute atomic E-state index is 2.26. The summed E-state index contributed by atoms with van der Waals surface area (Å²) < 4.78 is 0. The van der Waals surface area contributed by atoms with Crippen LogP contribution in [0.15, 0.2) is 12.1 Å². The van der Waals surface area contributed by atoms with Crippen LogP contribution in [0.5, 0.6) is 0 Å². The van der Waals surface area contributed by atoms with E-state index >= 15 is 0 Å². The molecule has 0 unspecified atom stereocenters. The average molecular weight is 160 g/mol. The second-order valence-corrected chi connectivity index (χ2v) is 4.01. The summed E-state index contributed by atoms with van der Waals surface area (Å²) in [6.07, 6.45) is 2.82. The fourth-order valence-corrected chi connectivity index (χ4v) is 1.97. The van der Waals surface area contributed by atoms with Crippen LogP contribution < -0.4 is 0 Å². The number of hydrogen-bond donors (Lipinski definition) is 0. The minimum atomic E-state index is 0.893. The van der Waals surface area contributed by atoms with Gasteiger partial charge in [-0.2, -0.15) is 0 Å². The molecule has 1 saturated carbocycles. The molecular formula is C12H16. The Bertz CT molecular complexity index is 306. The minimum absolute atomic E-state index is 0.893. The van der Waals surface area contributed by atoms with Gasteiger partial charge in [0, 0.05) is 0 Å². The third-order valence-electron chi connectivity index (χ3n) is 2.99. The lowest BCUT2D eigenvalue weighted by atomic mass is 9.95. The van der Waals surface area contributed by atoms with Crippen molar-refractivity contribution in [2.75, 3.05) is 0 Å². The van der Waals surface area contributed by atoms with Gasteiger partial charge in [-0.1, -0.05) is 12.1 Å². The highest BCUT2D eigenvalue weighted by Crippen LogP contribution is 2.43. The molecule has 0 aliphatic heterocycles. The van der Waals surface area contributed by atoms with Crippen LogP contribution in [0.2, 0.25) is 0 Å². The molecule has 12 heavy (non-hydrogen) atoms. The second-order valence-electron chi connectivity index (χ2n) is 4.01. The SMILES string of the molecule is Cc1ccc(C)c(C2CC2)c1C. The Morgan fingerprint density at radius 1 is 1.00 bits per heavy atom. The fraction of sp³-hybridized carbons (Fsp3) is 0.500. The van der Waals surface area contributed by atoms with Gasteiger partial charge in [0.1, 0.15) is 0 Å². The number of aryl methyl sites for hydroxylation is 2. The number of rotatable bonds is 1. The first-order valence-electron chi connectivity index (χ1n) is 4.77. The molecule has 2 rings (SSSR count). The van der Waals surface area contributed by atoms with Gasteiger partial charge in [0.2, 0.25) is 0 Å². The normalized spacial score (nSPS) is 16.6. The minimum Gasteiger partial charge on any atom is -0.0588 e. The van der Waals surface area contributed by atoms with Crippen molar-refractivity contribution in [3.63, 3.8) is 0 Å². The van der Waals surface area contributed by atoms with Crippen molar-refractivity contribution >= 4 is 0 Å². The summed E-state index contributed by atoms with van der Waals surface area (Å²) in [6, 6.07) is 4.49. The molecule has 0 heteroatoms. The van der Waals surface area contributed by atoms with E-state index in [2.05, 4.69) is 32.9 Å². The van der Waals surface area contributed by atoms with Crippen molar-refractivity contribution in [3.05, 3.63) is 34.4 Å². The molecule has 1 aliphatic rings. The van der Waals surface area contributed by atoms with Crippen molar-refractivity contribution in [3.8, 4) is 0 Å². The van der Waals surface area contributed by atoms with Gasteiger partial charge in [-0.15, -0.1) is 0 Å². The summed E-state index contributed by atoms with van der Waals surface area (Å²) in [5, 5.41) is 0. The molecule has 0 bridgehead atoms. The molecule has 1 aromatic rings. The summed E-state index contributed by atoms with van der Waals surface area (Å²) in [4.78, 5) is 0. The van der Waals surface area contributed by atoms with Gasteiger partial charge in [-0.3, -0.25) is 0 Å². The summed E-state index contributed by atoms with van der Waals surface area (Å²) in [7, 11) is 0. The van der Waals surface area contributed by atoms with Crippen LogP contribution in [0.3, 0.4) is 0 Å². The van der Waals surface area contributed by atoms with Crippen LogP contribution in [0.1, 0.15) is 41.0 Å². The van der Waals surface area contributed by atoms with E-state index < -0.39 is 0 Å². The van der Waals surface area contributed by atoms with Crippen LogP contribution in [0.25, 0.3) is 0 Å². The van der Waals surface area contributed by atoms with Crippen LogP contribution in [-0.2, 0) is 0 Å². The summed E-state index contributed by atoms with van der Waals surface area (Å²) in [5.41, 5.74) is 6.09. The zero-order chi connectivity index (χ0) is 8.72. The van der Waals surface area contributed by atoms with Crippen molar-refractivity contribution in [2.24, 2.45) is 0 Å². The van der Waals surface area contributed by atoms with E-state index in [-0.39, 0.29) is 0 Å². The molecule has 0 saturated heterocycles. The first kappa shape index (κ1) is 7.85. The quantitative estimate of drug-likeness (QED) is 0.590. The monoisotopic (exact) mass is 160 g/mol. The van der Waals surface area contributed by atoms with Crippen molar-refractivity contribution in [1.29, 1.82) is 0 Å². The van der Waals surface area contributed by atoms with Crippen molar-refractivity contribution < 1.29 is 0 Å². The molecule has 0 spiro atoms. The Hall–Kier alpha value is -0.780. The van der Waals surface area contributed by atoms with Gasteiger partial charge in [0.25, 0.3) is 0 Å². The molecule has 0 N–H and O–H groups in total. The average Bonchev–Trinajstić information content (AvgIpc) is 2.81. The van der Waals surface area contributed by atoms with Gasteiger partial charge < -0.3 is 0 Å². The maximum Gasteiger partial charge on any atom is -0.0156 e. The van der Waals surface area contributed by atoms with Crippen LogP contribution in [-0.4, -0.2) is 0 Å². The predicted molar refractivity (Wildman–Crippen MR) is 52.6 cm³/mol. The van der Waals surface area contributed by atoms with E-state index in [1.54, 1.807) is 5.56 Å². The van der Waals surface area contributed by atoms with E-state index in [0.29, 0.717) is 0 Å². The number of benzene rings is 1. The highest BCUT2D eigenvalue weighted by atomic mass is 14.3. The topological polar surface area (TPSA) is 0 Å². The second kappa shape index (κ2) is 2.62. The van der Waals surface area contributed by atoms with E-state index in [9.17, 15) is 0 Å². The van der Waals surface area contributed by atoms with E-state index in [0.717, 1.165) is 5.92 Å². The Morgan fingerprint density at radius 2 is 1.58 bits per heavy atom. The van der Waals surface area contributed by atoms with E-state index in [1.165, 1.54) is 29.5 Å². The molecule has 0 amide bonds. The van der Waals surface area contributed by atoms with Crippen molar-refractivity contribution in [2.45, 2.75) is 39.5 Å². The van der Waals surface area contributed by atoms with E-state index in [1.807, 2.05) is 0 Å². The first-order chi connectivity index (χ1) is 5.70. The van der Waals surface area contributed by atoms with Crippen LogP contribution in [0, 0.1) is 20.8 Å². The molecule has 0 aromatic heterocycles. The molecule has 1 aliphatic carbocycles. The summed E-state index contributed by atoms with van der Waals surface area (Å²) in [6.45, 7) is 6.71. The zero-order valence-corrected chi connectivity index (χ0v) is 8.15. The maximum atomic E-state index is 2.26. The molecule has 0 radical (unpaired) electrons. The zero-order valence-electron chi connectivity index (χ0n) is 8.15. The molecule has 0 heterocycles. The molecule has 1 aromatic carbocycles. The largest absolute Gasteiger partial charge is 0.0588 e. The van der Waals surface area contributed by atoms with Gasteiger partial charge in [-0.05, 0) is 61.8 Å². The van der Waals surface area contributed by atoms with Gasteiger partial charge >= 0.3 is 0 Å². The predicted octanol–water partition coefficient (Wildman–Crippen LogP) is 3.49. The Balaban J connectivity index is 2.55. The Morgan fingerprint density at radius 3 is 2.17 bits per heavy atom. The molecular weight excluding hydrogens is 144 g/mol. The first-order valence-corrected chi connectivity index (χ1v) is 4.77. The Labute approximate surface area is 74.6 Å². The third-order valence-corrected chi connectivity index (χ3v) is 2.99. The summed E-state index contributed by atoms with van der Waals surface area (Å²) >= 11 is 0. The smallest absolute Gasteiger partial charge is 0.0156 e. The lowest BCUT2D eigenvalue weighted by Crippen LogP contribution is -1.93. The van der Waals surface area contributed by atoms with E-state index in [4.69, 9.17) is 0 Å². The van der Waals surface area contributed by atoms with Gasteiger partial charge in [0.15, 0.2) is 0 Å². The lowest BCUT2D eigenvalue weighted by molar-refractivity contribution is 1.05. The highest BCUT2D eigenvalue weighted by molar-refractivity contribution is 5.43. The molecule has 0 atom stereocenters. The lowest BCUT2D eigenvalue weighted by Gasteiger charge is -2.10. The Kier molecular flexibility index (Phi) is 1.71. The fourth-order valence-electron chi connectivity index (χ4n) is 1.97. The standard InChI is InChI=1S/C12H16/c1-8-4-5-9(2)12(10(8)3)11-6-7-11/h4-5,11H,6-7H2,1-3H3. The molecule has 0 nitrogen and oxygen atoms in total. The van der Waals surface area contributed by atoms with Crippen molar-refractivity contribution in [1.82, 2.24) is 0 Å². The molecule has 64 valence electrons. The summed E-state index contributed by atoms with van der Waals surface area (Å²) in [5.74, 6) is 0.893. The number of hydrogen-bond acceptors (Lipinski definition) is 0.